The topological polar surface area (TPSA) is 105 Å². The van der Waals surface area contributed by atoms with Crippen LogP contribution >= 0.6 is 11.6 Å². The van der Waals surface area contributed by atoms with Crippen molar-refractivity contribution in [2.45, 2.75) is 40.7 Å². The summed E-state index contributed by atoms with van der Waals surface area (Å²) < 4.78 is 5.20. The van der Waals surface area contributed by atoms with Crippen molar-refractivity contribution in [1.29, 1.82) is 0 Å². The van der Waals surface area contributed by atoms with Crippen molar-refractivity contribution in [2.75, 3.05) is 15.5 Å². The van der Waals surface area contributed by atoms with Gasteiger partial charge in [0.25, 0.3) is 17.7 Å². The summed E-state index contributed by atoms with van der Waals surface area (Å²) in [6.07, 6.45) is -0.323. The van der Waals surface area contributed by atoms with E-state index >= 15 is 0 Å². The Labute approximate surface area is 231 Å². The van der Waals surface area contributed by atoms with Gasteiger partial charge in [0.05, 0.1) is 17.4 Å². The van der Waals surface area contributed by atoms with Gasteiger partial charge in [-0.25, -0.2) is 9.69 Å². The van der Waals surface area contributed by atoms with E-state index in [-0.39, 0.29) is 34.0 Å². The zero-order valence-electron chi connectivity index (χ0n) is 22.2. The van der Waals surface area contributed by atoms with Crippen LogP contribution in [0.2, 0.25) is 0 Å². The number of rotatable bonds is 7. The molecular weight excluding hydrogens is 518 g/mol. The van der Waals surface area contributed by atoms with Crippen LogP contribution in [0.15, 0.2) is 71.4 Å². The summed E-state index contributed by atoms with van der Waals surface area (Å²) >= 11 is 6.25. The van der Waals surface area contributed by atoms with Gasteiger partial charge < -0.3 is 15.4 Å². The van der Waals surface area contributed by atoms with E-state index < -0.39 is 17.8 Å². The van der Waals surface area contributed by atoms with Gasteiger partial charge in [-0.2, -0.15) is 0 Å². The third-order valence-corrected chi connectivity index (χ3v) is 6.39. The molecule has 0 unspecified atom stereocenters. The molecule has 0 bridgehead atoms. The zero-order valence-corrected chi connectivity index (χ0v) is 23.0. The van der Waals surface area contributed by atoms with E-state index in [9.17, 15) is 19.2 Å². The van der Waals surface area contributed by atoms with Gasteiger partial charge in [0.15, 0.2) is 0 Å². The van der Waals surface area contributed by atoms with Crippen LogP contribution in [-0.2, 0) is 14.3 Å². The van der Waals surface area contributed by atoms with Crippen LogP contribution in [0.3, 0.4) is 0 Å². The number of esters is 1. The molecule has 4 rings (SSSR count). The molecule has 0 fully saturated rings. The molecule has 8 nitrogen and oxygen atoms in total. The van der Waals surface area contributed by atoms with Gasteiger partial charge in [-0.15, -0.1) is 0 Å². The molecule has 0 radical (unpaired) electrons. The largest absolute Gasteiger partial charge is 0.459 e. The number of imide groups is 1. The van der Waals surface area contributed by atoms with E-state index in [2.05, 4.69) is 10.6 Å². The lowest BCUT2D eigenvalue weighted by atomic mass is 10.0. The molecule has 1 aliphatic rings. The summed E-state index contributed by atoms with van der Waals surface area (Å²) in [5, 5.41) is 5.55. The van der Waals surface area contributed by atoms with Gasteiger partial charge in [0.2, 0.25) is 0 Å². The SMILES string of the molecule is Cc1cc(C)c(NC(=O)c2ccc(NC3=C(Cl)C(=O)N(c4cccc(C(=O)OC(C)C)c4)C3=O)cc2)c(C)c1. The van der Waals surface area contributed by atoms with Crippen molar-refractivity contribution in [3.05, 3.63) is 99.2 Å². The van der Waals surface area contributed by atoms with Gasteiger partial charge >= 0.3 is 5.97 Å². The zero-order chi connectivity index (χ0) is 28.4. The fraction of sp³-hybridized carbons (Fsp3) is 0.200. The number of benzene rings is 3. The lowest BCUT2D eigenvalue weighted by Crippen LogP contribution is -2.32. The van der Waals surface area contributed by atoms with Crippen molar-refractivity contribution in [2.24, 2.45) is 0 Å². The van der Waals surface area contributed by atoms with Crippen LogP contribution in [0.5, 0.6) is 0 Å². The first kappa shape index (κ1) is 27.6. The second-order valence-electron chi connectivity index (χ2n) is 9.57. The lowest BCUT2D eigenvalue weighted by molar-refractivity contribution is -0.120. The number of hydrogen-bond acceptors (Lipinski definition) is 6. The van der Waals surface area contributed by atoms with Crippen LogP contribution in [-0.4, -0.2) is 29.8 Å². The van der Waals surface area contributed by atoms with Gasteiger partial charge in [-0.3, -0.25) is 14.4 Å². The molecule has 0 atom stereocenters. The molecule has 1 aliphatic heterocycles. The van der Waals surface area contributed by atoms with E-state index in [1.807, 2.05) is 32.9 Å². The molecule has 0 saturated carbocycles. The van der Waals surface area contributed by atoms with E-state index in [1.54, 1.807) is 44.2 Å². The minimum Gasteiger partial charge on any atom is -0.459 e. The number of halogens is 1. The van der Waals surface area contributed by atoms with E-state index in [4.69, 9.17) is 16.3 Å². The highest BCUT2D eigenvalue weighted by Gasteiger charge is 2.39. The van der Waals surface area contributed by atoms with Crippen molar-refractivity contribution in [1.82, 2.24) is 0 Å². The number of hydrogen-bond donors (Lipinski definition) is 2. The number of anilines is 3. The highest BCUT2D eigenvalue weighted by atomic mass is 35.5. The first-order valence-electron chi connectivity index (χ1n) is 12.3. The van der Waals surface area contributed by atoms with Gasteiger partial charge in [0, 0.05) is 16.9 Å². The Balaban J connectivity index is 1.49. The second kappa shape index (κ2) is 11.1. The Morgan fingerprint density at radius 3 is 2.13 bits per heavy atom. The Bertz CT molecular complexity index is 1500. The van der Waals surface area contributed by atoms with Gasteiger partial charge in [-0.05, 0) is 88.2 Å². The number of carbonyl (C=O) groups excluding carboxylic acids is 4. The Morgan fingerprint density at radius 1 is 0.872 bits per heavy atom. The molecule has 0 aliphatic carbocycles. The Hall–Kier alpha value is -4.43. The molecule has 9 heteroatoms. The average molecular weight is 546 g/mol. The normalized spacial score (nSPS) is 13.3. The molecular formula is C30H28ClN3O5. The fourth-order valence-electron chi connectivity index (χ4n) is 4.31. The summed E-state index contributed by atoms with van der Waals surface area (Å²) in [4.78, 5) is 52.1. The molecule has 3 amide bonds. The standard InChI is InChI=1S/C30H28ClN3O5/c1-16(2)39-30(38)21-7-6-8-23(15-21)34-28(36)24(31)26(29(34)37)32-22-11-9-20(10-12-22)27(35)33-25-18(4)13-17(3)14-19(25)5/h6-16,32H,1-5H3,(H,33,35). The molecule has 3 aromatic rings. The Kier molecular flexibility index (Phi) is 7.88. The van der Waals surface area contributed by atoms with E-state index in [1.165, 1.54) is 18.2 Å². The maximum atomic E-state index is 13.2. The van der Waals surface area contributed by atoms with Gasteiger partial charge in [0.1, 0.15) is 10.7 Å². The van der Waals surface area contributed by atoms with Crippen LogP contribution in [0, 0.1) is 20.8 Å². The van der Waals surface area contributed by atoms with Crippen LogP contribution in [0.25, 0.3) is 0 Å². The van der Waals surface area contributed by atoms with E-state index in [0.717, 1.165) is 27.3 Å². The third kappa shape index (κ3) is 5.86. The highest BCUT2D eigenvalue weighted by molar-refractivity contribution is 6.53. The number of aryl methyl sites for hydroxylation is 3. The van der Waals surface area contributed by atoms with Crippen LogP contribution < -0.4 is 15.5 Å². The minimum absolute atomic E-state index is 0.111. The van der Waals surface area contributed by atoms with E-state index in [0.29, 0.717) is 11.3 Å². The number of amides is 3. The average Bonchev–Trinajstić information content (AvgIpc) is 3.09. The van der Waals surface area contributed by atoms with Crippen molar-refractivity contribution in [3.8, 4) is 0 Å². The minimum atomic E-state index is -0.724. The monoisotopic (exact) mass is 545 g/mol. The quantitative estimate of drug-likeness (QED) is 0.284. The Morgan fingerprint density at radius 2 is 1.51 bits per heavy atom. The molecule has 3 aromatic carbocycles. The summed E-state index contributed by atoms with van der Waals surface area (Å²) in [5.41, 5.74) is 4.97. The molecule has 0 saturated heterocycles. The number of nitrogens with zero attached hydrogens (tertiary/aromatic N) is 1. The number of carbonyl (C=O) groups is 4. The van der Waals surface area contributed by atoms with Crippen molar-refractivity contribution in [3.63, 3.8) is 0 Å². The number of ether oxygens (including phenoxy) is 1. The molecule has 200 valence electrons. The molecule has 2 N–H and O–H groups in total. The molecule has 0 aromatic heterocycles. The molecule has 39 heavy (non-hydrogen) atoms. The van der Waals surface area contributed by atoms with Gasteiger partial charge in [-0.1, -0.05) is 35.4 Å². The maximum absolute atomic E-state index is 13.2. The van der Waals surface area contributed by atoms with Crippen LogP contribution in [0.1, 0.15) is 51.3 Å². The number of nitrogens with one attached hydrogen (secondary N) is 2. The van der Waals surface area contributed by atoms with Crippen molar-refractivity contribution < 1.29 is 23.9 Å². The second-order valence-corrected chi connectivity index (χ2v) is 9.95. The summed E-state index contributed by atoms with van der Waals surface area (Å²) in [7, 11) is 0. The van der Waals surface area contributed by atoms with Crippen molar-refractivity contribution >= 4 is 52.4 Å². The fourth-order valence-corrected chi connectivity index (χ4v) is 4.52. The molecule has 0 spiro atoms. The summed E-state index contributed by atoms with van der Waals surface area (Å²) in [6.45, 7) is 9.33. The molecule has 1 heterocycles. The highest BCUT2D eigenvalue weighted by Crippen LogP contribution is 2.31. The lowest BCUT2D eigenvalue weighted by Gasteiger charge is -2.16. The summed E-state index contributed by atoms with van der Waals surface area (Å²) in [6, 6.07) is 16.5. The first-order chi connectivity index (χ1) is 18.5. The predicted molar refractivity (Wildman–Crippen MR) is 151 cm³/mol. The smallest absolute Gasteiger partial charge is 0.338 e. The predicted octanol–water partition coefficient (Wildman–Crippen LogP) is 5.87. The summed E-state index contributed by atoms with van der Waals surface area (Å²) in [5.74, 6) is -2.24. The first-order valence-corrected chi connectivity index (χ1v) is 12.7. The van der Waals surface area contributed by atoms with Crippen LogP contribution in [0.4, 0.5) is 17.1 Å². The maximum Gasteiger partial charge on any atom is 0.338 e. The third-order valence-electron chi connectivity index (χ3n) is 6.04.